The standard InChI is InChI=1S/C25H32N2O4/c1-5-6-14-29-21-12-11-17(26-23(28)31-24(2,3)4)16-19(21)25-13-15-30-22(25)27-20-10-8-7-9-18(20)25/h7-12,16,22,27H,5-6,13-15H2,1-4H3,(H,26,28)/t22?,25-/m1/s1. The quantitative estimate of drug-likeness (QED) is 0.585. The van der Waals surface area contributed by atoms with Crippen LogP contribution in [0.3, 0.4) is 0 Å². The molecule has 0 spiro atoms. The van der Waals surface area contributed by atoms with Gasteiger partial charge in [0.05, 0.1) is 18.6 Å². The molecule has 2 aromatic carbocycles. The summed E-state index contributed by atoms with van der Waals surface area (Å²) in [4.78, 5) is 12.4. The Labute approximate surface area is 184 Å². The third-order valence-electron chi connectivity index (χ3n) is 5.78. The first-order valence-corrected chi connectivity index (χ1v) is 11.1. The molecule has 1 unspecified atom stereocenters. The third kappa shape index (κ3) is 4.22. The molecule has 0 bridgehead atoms. The van der Waals surface area contributed by atoms with Gasteiger partial charge in [0.25, 0.3) is 0 Å². The van der Waals surface area contributed by atoms with Crippen molar-refractivity contribution in [2.24, 2.45) is 0 Å². The van der Waals surface area contributed by atoms with E-state index in [0.717, 1.165) is 36.3 Å². The van der Waals surface area contributed by atoms with Gasteiger partial charge < -0.3 is 19.5 Å². The highest BCUT2D eigenvalue weighted by Gasteiger charge is 2.53. The zero-order chi connectivity index (χ0) is 22.1. The van der Waals surface area contributed by atoms with Gasteiger partial charge in [0.1, 0.15) is 17.6 Å². The zero-order valence-corrected chi connectivity index (χ0v) is 18.8. The molecule has 6 heteroatoms. The summed E-state index contributed by atoms with van der Waals surface area (Å²) in [7, 11) is 0. The number of carbonyl (C=O) groups is 1. The van der Waals surface area contributed by atoms with Gasteiger partial charge in [0.15, 0.2) is 0 Å². The molecule has 0 aliphatic carbocycles. The number of anilines is 2. The maximum absolute atomic E-state index is 12.4. The van der Waals surface area contributed by atoms with Crippen molar-refractivity contribution in [2.75, 3.05) is 23.8 Å². The van der Waals surface area contributed by atoms with Crippen LogP contribution in [-0.2, 0) is 14.9 Å². The van der Waals surface area contributed by atoms with Crippen LogP contribution in [0.5, 0.6) is 5.75 Å². The average molecular weight is 425 g/mol. The number of rotatable bonds is 6. The van der Waals surface area contributed by atoms with Crippen molar-refractivity contribution in [1.82, 2.24) is 0 Å². The summed E-state index contributed by atoms with van der Waals surface area (Å²) in [5.74, 6) is 0.831. The molecule has 1 amide bonds. The van der Waals surface area contributed by atoms with Crippen LogP contribution in [0.1, 0.15) is 58.1 Å². The lowest BCUT2D eigenvalue weighted by Crippen LogP contribution is -2.36. The van der Waals surface area contributed by atoms with E-state index >= 15 is 0 Å². The summed E-state index contributed by atoms with van der Waals surface area (Å²) in [6.45, 7) is 9.01. The molecule has 31 heavy (non-hydrogen) atoms. The number of ether oxygens (including phenoxy) is 3. The molecule has 0 aromatic heterocycles. The van der Waals surface area contributed by atoms with E-state index in [4.69, 9.17) is 14.2 Å². The van der Waals surface area contributed by atoms with Crippen LogP contribution in [0.4, 0.5) is 16.2 Å². The number of unbranched alkanes of at least 4 members (excludes halogenated alkanes) is 1. The van der Waals surface area contributed by atoms with Crippen molar-refractivity contribution in [3.63, 3.8) is 0 Å². The summed E-state index contributed by atoms with van der Waals surface area (Å²) in [6.07, 6.45) is 2.24. The second kappa shape index (κ2) is 8.42. The Morgan fingerprint density at radius 3 is 2.81 bits per heavy atom. The highest BCUT2D eigenvalue weighted by atomic mass is 16.6. The highest BCUT2D eigenvalue weighted by molar-refractivity contribution is 5.85. The molecule has 0 radical (unpaired) electrons. The topological polar surface area (TPSA) is 68.8 Å². The summed E-state index contributed by atoms with van der Waals surface area (Å²) in [6, 6.07) is 14.1. The molecule has 4 rings (SSSR count). The van der Waals surface area contributed by atoms with E-state index in [1.807, 2.05) is 45.0 Å². The number of amides is 1. The minimum atomic E-state index is -0.562. The van der Waals surface area contributed by atoms with Crippen molar-refractivity contribution in [3.8, 4) is 5.75 Å². The smallest absolute Gasteiger partial charge is 0.412 e. The summed E-state index contributed by atoms with van der Waals surface area (Å²) < 4.78 is 17.8. The Balaban J connectivity index is 1.74. The number of nitrogens with one attached hydrogen (secondary N) is 2. The molecule has 166 valence electrons. The van der Waals surface area contributed by atoms with Gasteiger partial charge in [0, 0.05) is 16.9 Å². The Bertz CT molecular complexity index is 953. The molecule has 6 nitrogen and oxygen atoms in total. The molecule has 1 fully saturated rings. The van der Waals surface area contributed by atoms with E-state index in [9.17, 15) is 4.79 Å². The first-order valence-electron chi connectivity index (χ1n) is 11.1. The first kappa shape index (κ1) is 21.5. The fourth-order valence-electron chi connectivity index (χ4n) is 4.44. The second-order valence-electron chi connectivity index (χ2n) is 9.20. The molecule has 2 heterocycles. The fourth-order valence-corrected chi connectivity index (χ4v) is 4.44. The largest absolute Gasteiger partial charge is 0.493 e. The number of para-hydroxylation sites is 1. The number of carbonyl (C=O) groups excluding carboxylic acids is 1. The van der Waals surface area contributed by atoms with Gasteiger partial charge in [-0.25, -0.2) is 4.79 Å². The number of benzene rings is 2. The third-order valence-corrected chi connectivity index (χ3v) is 5.78. The minimum absolute atomic E-state index is 0.171. The molecule has 2 N–H and O–H groups in total. The summed E-state index contributed by atoms with van der Waals surface area (Å²) in [5, 5.41) is 6.41. The van der Waals surface area contributed by atoms with E-state index in [1.165, 1.54) is 5.56 Å². The average Bonchev–Trinajstić information content (AvgIpc) is 3.24. The predicted molar refractivity (Wildman–Crippen MR) is 122 cm³/mol. The van der Waals surface area contributed by atoms with Gasteiger partial charge in [-0.3, -0.25) is 5.32 Å². The maximum atomic E-state index is 12.4. The lowest BCUT2D eigenvalue weighted by Gasteiger charge is -2.31. The number of hydrogen-bond donors (Lipinski definition) is 2. The van der Waals surface area contributed by atoms with Gasteiger partial charge in [-0.05, 0) is 63.4 Å². The maximum Gasteiger partial charge on any atom is 0.412 e. The molecule has 2 atom stereocenters. The molecule has 2 aromatic rings. The minimum Gasteiger partial charge on any atom is -0.493 e. The SMILES string of the molecule is CCCCOc1ccc(NC(=O)OC(C)(C)C)cc1[C@]12CCOC1Nc1ccccc12. The lowest BCUT2D eigenvalue weighted by molar-refractivity contribution is 0.0636. The van der Waals surface area contributed by atoms with Gasteiger partial charge in [-0.15, -0.1) is 0 Å². The van der Waals surface area contributed by atoms with Crippen LogP contribution < -0.4 is 15.4 Å². The fraction of sp³-hybridized carbons (Fsp3) is 0.480. The predicted octanol–water partition coefficient (Wildman–Crippen LogP) is 5.67. The van der Waals surface area contributed by atoms with Gasteiger partial charge in [0.2, 0.25) is 0 Å². The first-order chi connectivity index (χ1) is 14.8. The van der Waals surface area contributed by atoms with Crippen LogP contribution in [0.25, 0.3) is 0 Å². The lowest BCUT2D eigenvalue weighted by atomic mass is 9.73. The Hall–Kier alpha value is -2.73. The molecule has 2 aliphatic heterocycles. The Morgan fingerprint density at radius 2 is 2.03 bits per heavy atom. The van der Waals surface area contributed by atoms with E-state index in [0.29, 0.717) is 18.9 Å². The van der Waals surface area contributed by atoms with Crippen LogP contribution in [0.2, 0.25) is 0 Å². The molecule has 2 aliphatic rings. The molecular weight excluding hydrogens is 392 g/mol. The van der Waals surface area contributed by atoms with Gasteiger partial charge in [-0.2, -0.15) is 0 Å². The summed E-state index contributed by atoms with van der Waals surface area (Å²) in [5.41, 5.74) is 3.05. The number of hydrogen-bond acceptors (Lipinski definition) is 5. The van der Waals surface area contributed by atoms with Crippen LogP contribution >= 0.6 is 0 Å². The zero-order valence-electron chi connectivity index (χ0n) is 18.8. The van der Waals surface area contributed by atoms with Gasteiger partial charge in [-0.1, -0.05) is 31.5 Å². The van der Waals surface area contributed by atoms with Crippen molar-refractivity contribution in [2.45, 2.75) is 64.2 Å². The van der Waals surface area contributed by atoms with Crippen LogP contribution in [0, 0.1) is 0 Å². The molecule has 0 saturated carbocycles. The van der Waals surface area contributed by atoms with E-state index in [1.54, 1.807) is 0 Å². The van der Waals surface area contributed by atoms with E-state index in [-0.39, 0.29) is 11.6 Å². The normalized spacial score (nSPS) is 21.7. The van der Waals surface area contributed by atoms with E-state index < -0.39 is 11.7 Å². The Kier molecular flexibility index (Phi) is 5.84. The van der Waals surface area contributed by atoms with Gasteiger partial charge >= 0.3 is 6.09 Å². The van der Waals surface area contributed by atoms with Crippen molar-refractivity contribution in [1.29, 1.82) is 0 Å². The molecular formula is C25H32N2O4. The van der Waals surface area contributed by atoms with Crippen LogP contribution in [-0.4, -0.2) is 31.1 Å². The van der Waals surface area contributed by atoms with Crippen LogP contribution in [0.15, 0.2) is 42.5 Å². The Morgan fingerprint density at radius 1 is 1.23 bits per heavy atom. The monoisotopic (exact) mass is 424 g/mol. The highest BCUT2D eigenvalue weighted by Crippen LogP contribution is 2.54. The van der Waals surface area contributed by atoms with Crippen molar-refractivity contribution in [3.05, 3.63) is 53.6 Å². The second-order valence-corrected chi connectivity index (χ2v) is 9.20. The molecule has 1 saturated heterocycles. The van der Waals surface area contributed by atoms with Crippen molar-refractivity contribution < 1.29 is 19.0 Å². The number of fused-ring (bicyclic) bond motifs is 3. The summed E-state index contributed by atoms with van der Waals surface area (Å²) >= 11 is 0. The van der Waals surface area contributed by atoms with Crippen molar-refractivity contribution >= 4 is 17.5 Å². The van der Waals surface area contributed by atoms with E-state index in [2.05, 4.69) is 35.8 Å².